The predicted octanol–water partition coefficient (Wildman–Crippen LogP) is 2.41. The normalized spacial score (nSPS) is 10.6. The highest BCUT2D eigenvalue weighted by molar-refractivity contribution is 14.2. The summed E-state index contributed by atoms with van der Waals surface area (Å²) < 4.78 is 7.02. The maximum absolute atomic E-state index is 5.31. The SMILES string of the molecule is Cc1cn2nccc(OSI)c2n1. The molecule has 0 amide bonds. The van der Waals surface area contributed by atoms with Gasteiger partial charge in [0, 0.05) is 27.3 Å². The monoisotopic (exact) mass is 307 g/mol. The molecular weight excluding hydrogens is 301 g/mol. The Morgan fingerprint density at radius 1 is 1.62 bits per heavy atom. The molecule has 0 aliphatic rings. The molecule has 0 fully saturated rings. The first-order valence-electron chi connectivity index (χ1n) is 3.57. The van der Waals surface area contributed by atoms with Gasteiger partial charge in [-0.25, -0.2) is 9.50 Å². The van der Waals surface area contributed by atoms with E-state index in [2.05, 4.69) is 31.3 Å². The third-order valence-corrected chi connectivity index (χ3v) is 2.35. The van der Waals surface area contributed by atoms with Gasteiger partial charge in [0.25, 0.3) is 0 Å². The first-order chi connectivity index (χ1) is 6.31. The summed E-state index contributed by atoms with van der Waals surface area (Å²) in [4.78, 5) is 4.29. The van der Waals surface area contributed by atoms with E-state index < -0.39 is 0 Å². The van der Waals surface area contributed by atoms with Crippen LogP contribution in [0.3, 0.4) is 0 Å². The quantitative estimate of drug-likeness (QED) is 0.631. The second-order valence-corrected chi connectivity index (χ2v) is 3.86. The molecule has 0 radical (unpaired) electrons. The summed E-state index contributed by atoms with van der Waals surface area (Å²) >= 11 is 2.07. The highest BCUT2D eigenvalue weighted by Crippen LogP contribution is 2.24. The minimum Gasteiger partial charge on any atom is -0.411 e. The Bertz CT molecular complexity index is 431. The highest BCUT2D eigenvalue weighted by atomic mass is 127. The zero-order chi connectivity index (χ0) is 9.26. The predicted molar refractivity (Wildman–Crippen MR) is 60.0 cm³/mol. The van der Waals surface area contributed by atoms with Crippen molar-refractivity contribution in [3.05, 3.63) is 24.2 Å². The van der Waals surface area contributed by atoms with Crippen molar-refractivity contribution in [1.82, 2.24) is 14.6 Å². The van der Waals surface area contributed by atoms with Crippen molar-refractivity contribution < 1.29 is 4.18 Å². The van der Waals surface area contributed by atoms with E-state index >= 15 is 0 Å². The van der Waals surface area contributed by atoms with Crippen LogP contribution in [-0.4, -0.2) is 14.6 Å². The third kappa shape index (κ3) is 1.73. The summed E-state index contributed by atoms with van der Waals surface area (Å²) in [5, 5.41) is 4.11. The molecule has 0 atom stereocenters. The summed E-state index contributed by atoms with van der Waals surface area (Å²) in [6, 6.07) is 1.80. The Labute approximate surface area is 91.5 Å². The number of aryl methyl sites for hydroxylation is 1. The molecule has 2 aromatic heterocycles. The lowest BCUT2D eigenvalue weighted by atomic mass is 10.5. The van der Waals surface area contributed by atoms with E-state index in [9.17, 15) is 0 Å². The van der Waals surface area contributed by atoms with Crippen LogP contribution in [0.1, 0.15) is 5.69 Å². The zero-order valence-corrected chi connectivity index (χ0v) is 9.74. The van der Waals surface area contributed by atoms with Gasteiger partial charge in [-0.15, -0.1) is 0 Å². The average Bonchev–Trinajstić information content (AvgIpc) is 2.47. The Hall–Kier alpha value is -0.500. The van der Waals surface area contributed by atoms with Crippen molar-refractivity contribution in [2.45, 2.75) is 6.92 Å². The molecule has 2 aromatic rings. The molecule has 2 rings (SSSR count). The second kappa shape index (κ2) is 3.70. The van der Waals surface area contributed by atoms with Crippen LogP contribution in [0.2, 0.25) is 0 Å². The fourth-order valence-electron chi connectivity index (χ4n) is 1.09. The van der Waals surface area contributed by atoms with Gasteiger partial charge in [-0.1, -0.05) is 0 Å². The van der Waals surface area contributed by atoms with Gasteiger partial charge in [0.2, 0.25) is 0 Å². The van der Waals surface area contributed by atoms with Crippen LogP contribution in [0.15, 0.2) is 18.5 Å². The van der Waals surface area contributed by atoms with Crippen molar-refractivity contribution in [2.24, 2.45) is 0 Å². The lowest BCUT2D eigenvalue weighted by Crippen LogP contribution is -1.90. The van der Waals surface area contributed by atoms with Crippen molar-refractivity contribution in [2.75, 3.05) is 0 Å². The Balaban J connectivity index is 2.60. The van der Waals surface area contributed by atoms with Crippen LogP contribution < -0.4 is 4.18 Å². The first-order valence-corrected chi connectivity index (χ1v) is 6.86. The topological polar surface area (TPSA) is 39.4 Å². The number of hydrogen-bond acceptors (Lipinski definition) is 4. The summed E-state index contributed by atoms with van der Waals surface area (Å²) in [5.41, 5.74) is 1.69. The summed E-state index contributed by atoms with van der Waals surface area (Å²) in [6.45, 7) is 1.93. The molecule has 0 saturated carbocycles. The number of nitrogens with zero attached hydrogens (tertiary/aromatic N) is 3. The smallest absolute Gasteiger partial charge is 0.198 e. The van der Waals surface area contributed by atoms with Gasteiger partial charge >= 0.3 is 0 Å². The average molecular weight is 307 g/mol. The molecule has 0 spiro atoms. The molecular formula is C7H6IN3OS. The summed E-state index contributed by atoms with van der Waals surface area (Å²) in [6.07, 6.45) is 3.55. The minimum absolute atomic E-state index is 0.738. The number of aromatic nitrogens is 3. The Kier molecular flexibility index (Phi) is 2.58. The van der Waals surface area contributed by atoms with Gasteiger partial charge in [-0.3, -0.25) is 0 Å². The second-order valence-electron chi connectivity index (χ2n) is 2.49. The van der Waals surface area contributed by atoms with Crippen molar-refractivity contribution >= 4 is 36.1 Å². The van der Waals surface area contributed by atoms with E-state index in [1.54, 1.807) is 16.8 Å². The maximum Gasteiger partial charge on any atom is 0.198 e. The molecule has 0 N–H and O–H groups in total. The molecule has 4 nitrogen and oxygen atoms in total. The fourth-order valence-corrected chi connectivity index (χ4v) is 1.87. The standard InChI is InChI=1S/C7H6IN3OS/c1-5-4-11-7(10-5)6(12-13-8)2-3-9-11/h2-4H,1H3. The van der Waals surface area contributed by atoms with E-state index in [0.29, 0.717) is 0 Å². The van der Waals surface area contributed by atoms with Gasteiger partial charge in [-0.05, 0) is 6.92 Å². The van der Waals surface area contributed by atoms with E-state index in [1.165, 1.54) is 9.21 Å². The van der Waals surface area contributed by atoms with Crippen LogP contribution in [0.25, 0.3) is 5.65 Å². The van der Waals surface area contributed by atoms with Gasteiger partial charge in [0.1, 0.15) is 9.21 Å². The number of hydrogen-bond donors (Lipinski definition) is 0. The lowest BCUT2D eigenvalue weighted by Gasteiger charge is -1.99. The zero-order valence-electron chi connectivity index (χ0n) is 6.77. The molecule has 0 unspecified atom stereocenters. The number of imidazole rings is 1. The molecule has 2 heterocycles. The van der Waals surface area contributed by atoms with Crippen molar-refractivity contribution in [3.63, 3.8) is 0 Å². The van der Waals surface area contributed by atoms with Crippen LogP contribution >= 0.6 is 30.4 Å². The fraction of sp³-hybridized carbons (Fsp3) is 0.143. The minimum atomic E-state index is 0.738. The molecule has 68 valence electrons. The number of fused-ring (bicyclic) bond motifs is 1. The number of rotatable bonds is 2. The first kappa shape index (κ1) is 9.07. The van der Waals surface area contributed by atoms with Crippen LogP contribution in [0.4, 0.5) is 0 Å². The largest absolute Gasteiger partial charge is 0.411 e. The molecule has 0 bridgehead atoms. The molecule has 0 aliphatic heterocycles. The van der Waals surface area contributed by atoms with E-state index in [0.717, 1.165) is 17.1 Å². The van der Waals surface area contributed by atoms with E-state index in [1.807, 2.05) is 13.1 Å². The molecule has 0 aromatic carbocycles. The maximum atomic E-state index is 5.31. The van der Waals surface area contributed by atoms with Crippen molar-refractivity contribution in [1.29, 1.82) is 0 Å². The van der Waals surface area contributed by atoms with Gasteiger partial charge in [0.05, 0.1) is 18.1 Å². The molecule has 13 heavy (non-hydrogen) atoms. The third-order valence-electron chi connectivity index (χ3n) is 1.57. The van der Waals surface area contributed by atoms with Gasteiger partial charge < -0.3 is 4.18 Å². The van der Waals surface area contributed by atoms with Crippen LogP contribution in [-0.2, 0) is 0 Å². The summed E-state index contributed by atoms with van der Waals surface area (Å²) in [7, 11) is 1.27. The molecule has 6 heteroatoms. The number of halogens is 1. The highest BCUT2D eigenvalue weighted by Gasteiger charge is 2.05. The summed E-state index contributed by atoms with van der Waals surface area (Å²) in [5.74, 6) is 0.738. The van der Waals surface area contributed by atoms with Crippen LogP contribution in [0, 0.1) is 6.92 Å². The van der Waals surface area contributed by atoms with Crippen molar-refractivity contribution in [3.8, 4) is 5.75 Å². The van der Waals surface area contributed by atoms with Gasteiger partial charge in [-0.2, -0.15) is 5.10 Å². The van der Waals surface area contributed by atoms with E-state index in [-0.39, 0.29) is 0 Å². The van der Waals surface area contributed by atoms with E-state index in [4.69, 9.17) is 4.18 Å². The van der Waals surface area contributed by atoms with Gasteiger partial charge in [0.15, 0.2) is 11.4 Å². The molecule has 0 saturated heterocycles. The lowest BCUT2D eigenvalue weighted by molar-refractivity contribution is 0.653. The Morgan fingerprint density at radius 3 is 3.23 bits per heavy atom. The van der Waals surface area contributed by atoms with Crippen LogP contribution in [0.5, 0.6) is 5.75 Å². The Morgan fingerprint density at radius 2 is 2.46 bits per heavy atom. The molecule has 0 aliphatic carbocycles.